The predicted octanol–water partition coefficient (Wildman–Crippen LogP) is 0.995. The van der Waals surface area contributed by atoms with E-state index in [9.17, 15) is 30.0 Å². The molecule has 0 spiro atoms. The maximum absolute atomic E-state index is 13.2. The van der Waals surface area contributed by atoms with Crippen molar-refractivity contribution < 1.29 is 53.4 Å². The molecule has 11 atom stereocenters. The molecule has 3 heterocycles. The van der Waals surface area contributed by atoms with Gasteiger partial charge in [-0.1, -0.05) is 13.8 Å². The van der Waals surface area contributed by atoms with Gasteiger partial charge < -0.3 is 43.8 Å². The molecule has 210 valence electrons. The lowest BCUT2D eigenvalue weighted by molar-refractivity contribution is -0.310. The second kappa shape index (κ2) is 10.0. The molecule has 2 aliphatic heterocycles. The summed E-state index contributed by atoms with van der Waals surface area (Å²) in [5, 5.41) is 40.5. The van der Waals surface area contributed by atoms with Gasteiger partial charge in [0.2, 0.25) is 0 Å². The highest BCUT2D eigenvalue weighted by Crippen LogP contribution is 2.65. The summed E-state index contributed by atoms with van der Waals surface area (Å²) < 4.78 is 27.9. The highest BCUT2D eigenvalue weighted by molar-refractivity contribution is 5.90. The zero-order valence-electron chi connectivity index (χ0n) is 21.7. The Hall–Kier alpha value is -2.28. The van der Waals surface area contributed by atoms with Crippen LogP contribution in [0, 0.1) is 22.7 Å². The zero-order valence-corrected chi connectivity index (χ0v) is 21.7. The first-order valence-electron chi connectivity index (χ1n) is 13.0. The smallest absolute Gasteiger partial charge is 0.334 e. The molecule has 0 radical (unpaired) electrons. The second-order valence-electron chi connectivity index (χ2n) is 11.4. The Labute approximate surface area is 220 Å². The molecule has 4 aliphatic rings. The third kappa shape index (κ3) is 4.29. The maximum Gasteiger partial charge on any atom is 0.334 e. The number of aliphatic hydroxyl groups excluding tert-OH is 4. The van der Waals surface area contributed by atoms with Crippen molar-refractivity contribution in [2.45, 2.75) is 82.4 Å². The molecular weight excluding hydrogens is 500 g/mol. The lowest BCUT2D eigenvalue weighted by Crippen LogP contribution is -2.61. The fraction of sp³-hybridized carbons (Fsp3) is 0.704. The highest BCUT2D eigenvalue weighted by atomic mass is 16.7. The standard InChI is InChI=1S/C27H36O11/c1-26-6-4-15-24(33)37-17(13-5-7-35-12-13)10-27(15,2)19(26)9-14(8-16(26)23(32)34-3)36-25-22(31)21(30)20(29)18(11-28)38-25/h5,7-8,12,14-15,17-22,25,28-31H,4,6,9-11H2,1-3H3/t14-,15-,17+,18-,19-,20-,21+,22-,25-,26+,27-/m1/s1. The Kier molecular flexibility index (Phi) is 7.21. The first kappa shape index (κ1) is 27.3. The number of rotatable bonds is 5. The lowest BCUT2D eigenvalue weighted by atomic mass is 9.45. The van der Waals surface area contributed by atoms with Crippen LogP contribution in [0.2, 0.25) is 0 Å². The number of carbonyl (C=O) groups excluding carboxylic acids is 2. The van der Waals surface area contributed by atoms with Crippen molar-refractivity contribution in [3.63, 3.8) is 0 Å². The fourth-order valence-electron chi connectivity index (χ4n) is 7.28. The molecule has 1 saturated carbocycles. The second-order valence-corrected chi connectivity index (χ2v) is 11.4. The summed E-state index contributed by atoms with van der Waals surface area (Å²) in [6.07, 6.45) is -1.63. The van der Waals surface area contributed by atoms with Crippen molar-refractivity contribution in [3.8, 4) is 0 Å². The third-order valence-electron chi connectivity index (χ3n) is 9.40. The Bertz CT molecular complexity index is 1070. The van der Waals surface area contributed by atoms with E-state index < -0.39 is 66.3 Å². The van der Waals surface area contributed by atoms with Gasteiger partial charge in [0.15, 0.2) is 6.29 Å². The van der Waals surface area contributed by atoms with E-state index in [2.05, 4.69) is 6.92 Å². The van der Waals surface area contributed by atoms with E-state index in [1.807, 2.05) is 6.92 Å². The minimum atomic E-state index is -1.59. The lowest BCUT2D eigenvalue weighted by Gasteiger charge is -2.60. The summed E-state index contributed by atoms with van der Waals surface area (Å²) in [6.45, 7) is 3.48. The van der Waals surface area contributed by atoms with Gasteiger partial charge in [0, 0.05) is 16.6 Å². The number of aliphatic hydroxyl groups is 4. The molecule has 0 aromatic carbocycles. The maximum atomic E-state index is 13.2. The van der Waals surface area contributed by atoms with Crippen molar-refractivity contribution in [1.82, 2.24) is 0 Å². The summed E-state index contributed by atoms with van der Waals surface area (Å²) in [5.74, 6) is -1.39. The molecule has 0 bridgehead atoms. The number of esters is 2. The van der Waals surface area contributed by atoms with Crippen molar-refractivity contribution in [3.05, 3.63) is 35.8 Å². The van der Waals surface area contributed by atoms with Crippen LogP contribution < -0.4 is 0 Å². The van der Waals surface area contributed by atoms with Crippen molar-refractivity contribution >= 4 is 11.9 Å². The molecule has 11 heteroatoms. The molecule has 0 unspecified atom stereocenters. The number of cyclic esters (lactones) is 1. The van der Waals surface area contributed by atoms with Gasteiger partial charge in [-0.05, 0) is 49.2 Å². The topological polar surface area (TPSA) is 165 Å². The van der Waals surface area contributed by atoms with Crippen LogP contribution in [0.1, 0.15) is 51.2 Å². The van der Waals surface area contributed by atoms with Gasteiger partial charge in [-0.15, -0.1) is 0 Å². The van der Waals surface area contributed by atoms with Gasteiger partial charge in [0.05, 0.1) is 38.3 Å². The van der Waals surface area contributed by atoms with Gasteiger partial charge in [0.1, 0.15) is 30.5 Å². The number of furan rings is 1. The van der Waals surface area contributed by atoms with E-state index in [0.717, 1.165) is 5.56 Å². The van der Waals surface area contributed by atoms with Gasteiger partial charge in [-0.3, -0.25) is 4.79 Å². The van der Waals surface area contributed by atoms with E-state index in [1.165, 1.54) is 13.4 Å². The van der Waals surface area contributed by atoms with Crippen LogP contribution >= 0.6 is 0 Å². The minimum absolute atomic E-state index is 0.218. The first-order valence-corrected chi connectivity index (χ1v) is 13.0. The number of methoxy groups -OCH3 is 1. The van der Waals surface area contributed by atoms with Gasteiger partial charge >= 0.3 is 11.9 Å². The fourth-order valence-corrected chi connectivity index (χ4v) is 7.28. The van der Waals surface area contributed by atoms with Crippen LogP contribution in [-0.4, -0.2) is 82.9 Å². The van der Waals surface area contributed by atoms with Gasteiger partial charge in [-0.25, -0.2) is 4.79 Å². The Balaban J connectivity index is 1.49. The monoisotopic (exact) mass is 536 g/mol. The Morgan fingerprint density at radius 3 is 2.61 bits per heavy atom. The number of hydrogen-bond donors (Lipinski definition) is 4. The van der Waals surface area contributed by atoms with E-state index >= 15 is 0 Å². The quantitative estimate of drug-likeness (QED) is 0.397. The number of ether oxygens (including phenoxy) is 4. The van der Waals surface area contributed by atoms with E-state index in [4.69, 9.17) is 23.4 Å². The van der Waals surface area contributed by atoms with E-state index in [0.29, 0.717) is 31.3 Å². The summed E-state index contributed by atoms with van der Waals surface area (Å²) in [6, 6.07) is 1.77. The van der Waals surface area contributed by atoms with Crippen LogP contribution in [0.4, 0.5) is 0 Å². The average molecular weight is 537 g/mol. The molecule has 11 nitrogen and oxygen atoms in total. The molecule has 4 N–H and O–H groups in total. The number of carbonyl (C=O) groups is 2. The van der Waals surface area contributed by atoms with Crippen LogP contribution in [0.5, 0.6) is 0 Å². The zero-order chi connectivity index (χ0) is 27.4. The van der Waals surface area contributed by atoms with E-state index in [-0.39, 0.29) is 17.8 Å². The van der Waals surface area contributed by atoms with Gasteiger partial charge in [-0.2, -0.15) is 0 Å². The molecule has 2 aliphatic carbocycles. The minimum Gasteiger partial charge on any atom is -0.472 e. The molecular formula is C27H36O11. The number of hydrogen-bond acceptors (Lipinski definition) is 11. The van der Waals surface area contributed by atoms with Crippen LogP contribution in [0.25, 0.3) is 0 Å². The summed E-state index contributed by atoms with van der Waals surface area (Å²) in [4.78, 5) is 26.3. The summed E-state index contributed by atoms with van der Waals surface area (Å²) in [5.41, 5.74) is -0.00992. The normalized spacial score (nSPS) is 44.9. The van der Waals surface area contributed by atoms with Crippen molar-refractivity contribution in [2.24, 2.45) is 22.7 Å². The molecule has 1 aromatic rings. The first-order chi connectivity index (χ1) is 18.0. The predicted molar refractivity (Wildman–Crippen MR) is 128 cm³/mol. The SMILES string of the molecule is COC(=O)C1=C[C@@H](O[C@@H]2O[C@H](CO)[C@@H](O)[C@H](O)[C@H]2O)C[C@H]2[C@]3(C)C[C@@H](c4ccoc4)OC(=O)[C@H]3CC[C@@]12C. The molecule has 3 fully saturated rings. The Morgan fingerprint density at radius 1 is 1.18 bits per heavy atom. The van der Waals surface area contributed by atoms with Crippen LogP contribution in [0.15, 0.2) is 34.7 Å². The molecule has 5 rings (SSSR count). The Morgan fingerprint density at radius 2 is 1.95 bits per heavy atom. The third-order valence-corrected chi connectivity index (χ3v) is 9.40. The largest absolute Gasteiger partial charge is 0.472 e. The summed E-state index contributed by atoms with van der Waals surface area (Å²) >= 11 is 0. The van der Waals surface area contributed by atoms with Crippen molar-refractivity contribution in [2.75, 3.05) is 13.7 Å². The highest BCUT2D eigenvalue weighted by Gasteiger charge is 2.62. The summed E-state index contributed by atoms with van der Waals surface area (Å²) in [7, 11) is 1.31. The molecule has 2 saturated heterocycles. The van der Waals surface area contributed by atoms with Crippen molar-refractivity contribution in [1.29, 1.82) is 0 Å². The average Bonchev–Trinajstić information content (AvgIpc) is 3.43. The molecule has 0 amide bonds. The van der Waals surface area contributed by atoms with Crippen LogP contribution in [0.3, 0.4) is 0 Å². The molecule has 1 aromatic heterocycles. The van der Waals surface area contributed by atoms with Gasteiger partial charge in [0.25, 0.3) is 0 Å². The number of fused-ring (bicyclic) bond motifs is 3. The van der Waals surface area contributed by atoms with Crippen LogP contribution in [-0.2, 0) is 28.5 Å². The molecule has 38 heavy (non-hydrogen) atoms. The van der Waals surface area contributed by atoms with E-state index in [1.54, 1.807) is 18.4 Å².